The molecule has 1 aromatic heterocycles. The second-order valence-corrected chi connectivity index (χ2v) is 8.02. The molecule has 4 rings (SSSR count). The van der Waals surface area contributed by atoms with Crippen LogP contribution in [0.4, 0.5) is 9.52 Å². The van der Waals surface area contributed by atoms with E-state index in [1.165, 1.54) is 31.3 Å². The number of halogens is 1. The van der Waals surface area contributed by atoms with Gasteiger partial charge in [0.05, 0.1) is 19.8 Å². The Morgan fingerprint density at radius 1 is 1.09 bits per heavy atom. The normalized spacial score (nSPS) is 17.6. The summed E-state index contributed by atoms with van der Waals surface area (Å²) in [4.78, 5) is 27.3. The molecular formula is C22H18FN3O5S. The van der Waals surface area contributed by atoms with Crippen molar-refractivity contribution in [2.45, 2.75) is 13.0 Å². The van der Waals surface area contributed by atoms with E-state index in [-0.39, 0.29) is 22.0 Å². The van der Waals surface area contributed by atoms with Crippen molar-refractivity contribution >= 4 is 33.9 Å². The van der Waals surface area contributed by atoms with Gasteiger partial charge in [0, 0.05) is 11.1 Å². The number of aromatic nitrogens is 2. The largest absolute Gasteiger partial charge is 0.507 e. The lowest BCUT2D eigenvalue weighted by molar-refractivity contribution is -0.132. The highest BCUT2D eigenvalue weighted by Gasteiger charge is 2.49. The Morgan fingerprint density at radius 3 is 2.44 bits per heavy atom. The molecular weight excluding hydrogens is 437 g/mol. The van der Waals surface area contributed by atoms with Crippen LogP contribution in [0.5, 0.6) is 11.5 Å². The Kier molecular flexibility index (Phi) is 5.62. The van der Waals surface area contributed by atoms with Crippen molar-refractivity contribution in [1.29, 1.82) is 0 Å². The van der Waals surface area contributed by atoms with Gasteiger partial charge >= 0.3 is 5.91 Å². The monoisotopic (exact) mass is 455 g/mol. The average Bonchev–Trinajstić information content (AvgIpc) is 3.33. The van der Waals surface area contributed by atoms with Crippen LogP contribution in [-0.2, 0) is 9.59 Å². The van der Waals surface area contributed by atoms with Crippen LogP contribution in [0.25, 0.3) is 5.76 Å². The number of amides is 1. The maximum absolute atomic E-state index is 14.3. The van der Waals surface area contributed by atoms with E-state index in [2.05, 4.69) is 10.2 Å². The molecule has 2 heterocycles. The lowest BCUT2D eigenvalue weighted by Gasteiger charge is -2.24. The number of rotatable bonds is 5. The third kappa shape index (κ3) is 3.48. The summed E-state index contributed by atoms with van der Waals surface area (Å²) in [5.41, 5.74) is 0.268. The quantitative estimate of drug-likeness (QED) is 0.356. The van der Waals surface area contributed by atoms with Gasteiger partial charge in [0.25, 0.3) is 5.78 Å². The molecule has 0 radical (unpaired) electrons. The highest BCUT2D eigenvalue weighted by Crippen LogP contribution is 2.45. The van der Waals surface area contributed by atoms with E-state index in [0.29, 0.717) is 16.3 Å². The van der Waals surface area contributed by atoms with Gasteiger partial charge in [-0.1, -0.05) is 29.5 Å². The van der Waals surface area contributed by atoms with Gasteiger partial charge in [0.2, 0.25) is 5.13 Å². The van der Waals surface area contributed by atoms with Crippen molar-refractivity contribution in [3.05, 3.63) is 70.0 Å². The summed E-state index contributed by atoms with van der Waals surface area (Å²) >= 11 is 1.13. The second kappa shape index (κ2) is 8.39. The molecule has 0 saturated carbocycles. The number of hydrogen-bond donors (Lipinski definition) is 1. The van der Waals surface area contributed by atoms with Gasteiger partial charge in [-0.3, -0.25) is 14.5 Å². The van der Waals surface area contributed by atoms with E-state index in [1.54, 1.807) is 31.2 Å². The third-order valence-electron chi connectivity index (χ3n) is 5.02. The standard InChI is InChI=1S/C22H18FN3O5S/c1-11-24-25-22(32-11)26-18(13-6-4-5-7-15(13)30-2)17(20(28)21(26)29)19(27)12-8-9-16(31-3)14(23)10-12/h4-10,18,27H,1-3H3/b19-17+. The topological polar surface area (TPSA) is 102 Å². The number of benzene rings is 2. The van der Waals surface area contributed by atoms with Gasteiger partial charge in [0.15, 0.2) is 11.6 Å². The van der Waals surface area contributed by atoms with Crippen molar-refractivity contribution in [2.24, 2.45) is 0 Å². The number of Topliss-reactive ketones (excluding diaryl/α,β-unsaturated/α-hetero) is 1. The Hall–Kier alpha value is -3.79. The van der Waals surface area contributed by atoms with Crippen molar-refractivity contribution in [2.75, 3.05) is 19.1 Å². The maximum Gasteiger partial charge on any atom is 0.301 e. The van der Waals surface area contributed by atoms with Crippen LogP contribution < -0.4 is 14.4 Å². The number of carbonyl (C=O) groups excluding carboxylic acids is 2. The minimum absolute atomic E-state index is 0.0207. The molecule has 1 fully saturated rings. The molecule has 1 aliphatic heterocycles. The summed E-state index contributed by atoms with van der Waals surface area (Å²) in [5, 5.41) is 19.8. The Bertz CT molecular complexity index is 1260. The molecule has 0 bridgehead atoms. The van der Waals surface area contributed by atoms with E-state index in [4.69, 9.17) is 9.47 Å². The molecule has 1 amide bonds. The zero-order chi connectivity index (χ0) is 23.0. The number of hydrogen-bond acceptors (Lipinski definition) is 8. The molecule has 1 saturated heterocycles. The highest BCUT2D eigenvalue weighted by molar-refractivity contribution is 7.15. The van der Waals surface area contributed by atoms with Crippen LogP contribution in [0.2, 0.25) is 0 Å². The summed E-state index contributed by atoms with van der Waals surface area (Å²) in [6.45, 7) is 1.72. The predicted molar refractivity (Wildman–Crippen MR) is 115 cm³/mol. The first-order chi connectivity index (χ1) is 15.4. The van der Waals surface area contributed by atoms with E-state index >= 15 is 0 Å². The Labute approximate surface area is 186 Å². The van der Waals surface area contributed by atoms with Gasteiger partial charge < -0.3 is 14.6 Å². The van der Waals surface area contributed by atoms with Gasteiger partial charge in [0.1, 0.15) is 22.6 Å². The van der Waals surface area contributed by atoms with Gasteiger partial charge in [-0.05, 0) is 31.2 Å². The number of anilines is 1. The van der Waals surface area contributed by atoms with Crippen molar-refractivity contribution < 1.29 is 28.6 Å². The Balaban J connectivity index is 1.97. The molecule has 0 aliphatic carbocycles. The van der Waals surface area contributed by atoms with E-state index in [0.717, 1.165) is 17.4 Å². The molecule has 1 aliphatic rings. The fourth-order valence-electron chi connectivity index (χ4n) is 3.57. The summed E-state index contributed by atoms with van der Waals surface area (Å²) < 4.78 is 24.6. The molecule has 32 heavy (non-hydrogen) atoms. The number of nitrogens with zero attached hydrogens (tertiary/aromatic N) is 3. The fourth-order valence-corrected chi connectivity index (χ4v) is 4.28. The molecule has 1 atom stereocenters. The Morgan fingerprint density at radius 2 is 1.81 bits per heavy atom. The number of methoxy groups -OCH3 is 2. The number of para-hydroxylation sites is 1. The SMILES string of the molecule is COc1ccc(/C(O)=C2\C(=O)C(=O)N(c3nnc(C)s3)C2c2ccccc2OC)cc1F. The summed E-state index contributed by atoms with van der Waals surface area (Å²) in [6, 6.07) is 9.52. The molecule has 3 aromatic rings. The first kappa shape index (κ1) is 21.4. The highest BCUT2D eigenvalue weighted by atomic mass is 32.1. The summed E-state index contributed by atoms with van der Waals surface area (Å²) in [7, 11) is 2.77. The van der Waals surface area contributed by atoms with Crippen LogP contribution in [0.15, 0.2) is 48.0 Å². The zero-order valence-corrected chi connectivity index (χ0v) is 18.1. The predicted octanol–water partition coefficient (Wildman–Crippen LogP) is 3.63. The number of carbonyl (C=O) groups is 2. The molecule has 10 heteroatoms. The molecule has 1 N–H and O–H groups in total. The molecule has 0 spiro atoms. The first-order valence-corrected chi connectivity index (χ1v) is 10.3. The van der Waals surface area contributed by atoms with E-state index in [9.17, 15) is 19.1 Å². The molecule has 1 unspecified atom stereocenters. The minimum atomic E-state index is -1.05. The average molecular weight is 455 g/mol. The lowest BCUT2D eigenvalue weighted by atomic mass is 9.94. The zero-order valence-electron chi connectivity index (χ0n) is 17.3. The number of aliphatic hydroxyl groups excluding tert-OH is 1. The lowest BCUT2D eigenvalue weighted by Crippen LogP contribution is -2.29. The maximum atomic E-state index is 14.3. The number of aliphatic hydroxyl groups is 1. The van der Waals surface area contributed by atoms with E-state index in [1.807, 2.05) is 0 Å². The third-order valence-corrected chi connectivity index (χ3v) is 5.86. The molecule has 2 aromatic carbocycles. The van der Waals surface area contributed by atoms with Gasteiger partial charge in [-0.25, -0.2) is 4.39 Å². The summed E-state index contributed by atoms with van der Waals surface area (Å²) in [6.07, 6.45) is 0. The van der Waals surface area contributed by atoms with Crippen molar-refractivity contribution in [3.63, 3.8) is 0 Å². The van der Waals surface area contributed by atoms with Crippen molar-refractivity contribution in [1.82, 2.24) is 10.2 Å². The van der Waals surface area contributed by atoms with Crippen LogP contribution in [0.3, 0.4) is 0 Å². The smallest absolute Gasteiger partial charge is 0.301 e. The minimum Gasteiger partial charge on any atom is -0.507 e. The fraction of sp³-hybridized carbons (Fsp3) is 0.182. The van der Waals surface area contributed by atoms with Crippen LogP contribution in [-0.4, -0.2) is 41.2 Å². The first-order valence-electron chi connectivity index (χ1n) is 9.45. The summed E-state index contributed by atoms with van der Waals surface area (Å²) in [5.74, 6) is -2.68. The molecule has 8 nitrogen and oxygen atoms in total. The number of ketones is 1. The number of aryl methyl sites for hydroxylation is 1. The van der Waals surface area contributed by atoms with E-state index < -0.39 is 29.3 Å². The van der Waals surface area contributed by atoms with Crippen LogP contribution >= 0.6 is 11.3 Å². The van der Waals surface area contributed by atoms with Crippen LogP contribution in [0, 0.1) is 12.7 Å². The number of ether oxygens (including phenoxy) is 2. The van der Waals surface area contributed by atoms with Crippen LogP contribution in [0.1, 0.15) is 22.2 Å². The second-order valence-electron chi connectivity index (χ2n) is 6.86. The van der Waals surface area contributed by atoms with Gasteiger partial charge in [-0.15, -0.1) is 10.2 Å². The van der Waals surface area contributed by atoms with Gasteiger partial charge in [-0.2, -0.15) is 0 Å². The molecule has 164 valence electrons. The van der Waals surface area contributed by atoms with Crippen molar-refractivity contribution in [3.8, 4) is 11.5 Å².